The van der Waals surface area contributed by atoms with Crippen molar-refractivity contribution in [2.45, 2.75) is 64.5 Å². The summed E-state index contributed by atoms with van der Waals surface area (Å²) in [6, 6.07) is 8.85. The van der Waals surface area contributed by atoms with Gasteiger partial charge in [0, 0.05) is 23.3 Å². The quantitative estimate of drug-likeness (QED) is 0.879. The van der Waals surface area contributed by atoms with Crippen molar-refractivity contribution in [2.24, 2.45) is 5.41 Å². The van der Waals surface area contributed by atoms with Gasteiger partial charge in [0.2, 0.25) is 0 Å². The number of hydrogen-bond donors (Lipinski definition) is 2. The lowest BCUT2D eigenvalue weighted by Crippen LogP contribution is -2.32. The molecule has 0 aromatic heterocycles. The first-order valence-corrected chi connectivity index (χ1v) is 8.19. The van der Waals surface area contributed by atoms with E-state index in [0.717, 1.165) is 24.1 Å². The van der Waals surface area contributed by atoms with Gasteiger partial charge in [-0.25, -0.2) is 0 Å². The Hall–Kier alpha value is -1.51. The van der Waals surface area contributed by atoms with Crippen molar-refractivity contribution in [3.8, 4) is 0 Å². The maximum absolute atomic E-state index is 12.1. The van der Waals surface area contributed by atoms with Crippen molar-refractivity contribution in [3.63, 3.8) is 0 Å². The van der Waals surface area contributed by atoms with E-state index in [0.29, 0.717) is 17.5 Å². The summed E-state index contributed by atoms with van der Waals surface area (Å²) in [4.78, 5) is 12.1. The first-order valence-electron chi connectivity index (χ1n) is 8.19. The molecule has 1 unspecified atom stereocenters. The van der Waals surface area contributed by atoms with Crippen LogP contribution in [-0.4, -0.2) is 18.0 Å². The maximum atomic E-state index is 12.1. The Labute approximate surface area is 127 Å². The molecule has 0 bridgehead atoms. The lowest BCUT2D eigenvalue weighted by Gasteiger charge is -2.36. The first kappa shape index (κ1) is 14.4. The van der Waals surface area contributed by atoms with Crippen molar-refractivity contribution in [2.75, 3.05) is 5.32 Å². The van der Waals surface area contributed by atoms with E-state index in [1.165, 1.54) is 25.7 Å². The molecule has 2 aliphatic rings. The lowest BCUT2D eigenvalue weighted by atomic mass is 9.75. The normalized spacial score (nSPS) is 24.4. The van der Waals surface area contributed by atoms with Gasteiger partial charge < -0.3 is 10.6 Å². The fourth-order valence-electron chi connectivity index (χ4n) is 3.30. The smallest absolute Gasteiger partial charge is 0.251 e. The van der Waals surface area contributed by atoms with Crippen molar-refractivity contribution in [3.05, 3.63) is 29.8 Å². The number of carbonyl (C=O) groups is 1. The molecule has 1 atom stereocenters. The minimum absolute atomic E-state index is 0.0603. The number of benzene rings is 1. The van der Waals surface area contributed by atoms with Gasteiger partial charge in [-0.15, -0.1) is 0 Å². The Bertz CT molecular complexity index is 520. The monoisotopic (exact) mass is 286 g/mol. The van der Waals surface area contributed by atoms with Gasteiger partial charge in [-0.3, -0.25) is 4.79 Å². The average Bonchev–Trinajstić information content (AvgIpc) is 3.22. The first-order chi connectivity index (χ1) is 10.0. The molecular weight excluding hydrogens is 260 g/mol. The van der Waals surface area contributed by atoms with E-state index < -0.39 is 0 Å². The minimum Gasteiger partial charge on any atom is -0.382 e. The molecule has 3 rings (SSSR count). The molecule has 0 saturated heterocycles. The summed E-state index contributed by atoms with van der Waals surface area (Å²) in [6.45, 7) is 4.70. The summed E-state index contributed by atoms with van der Waals surface area (Å²) in [5.41, 5.74) is 2.26. The van der Waals surface area contributed by atoms with Crippen molar-refractivity contribution < 1.29 is 4.79 Å². The number of anilines is 1. The summed E-state index contributed by atoms with van der Waals surface area (Å²) in [5.74, 6) is 0.0603. The highest BCUT2D eigenvalue weighted by atomic mass is 16.1. The highest BCUT2D eigenvalue weighted by Crippen LogP contribution is 2.36. The molecule has 2 fully saturated rings. The molecule has 2 saturated carbocycles. The van der Waals surface area contributed by atoms with Crippen LogP contribution in [0, 0.1) is 5.41 Å². The third-order valence-electron chi connectivity index (χ3n) is 4.61. The molecule has 1 aromatic carbocycles. The van der Waals surface area contributed by atoms with E-state index in [1.54, 1.807) is 0 Å². The fraction of sp³-hybridized carbons (Fsp3) is 0.611. The Kier molecular flexibility index (Phi) is 3.92. The lowest BCUT2D eigenvalue weighted by molar-refractivity contribution is 0.0951. The summed E-state index contributed by atoms with van der Waals surface area (Å²) in [7, 11) is 0. The van der Waals surface area contributed by atoms with Crippen LogP contribution in [0.4, 0.5) is 5.69 Å². The summed E-state index contributed by atoms with van der Waals surface area (Å²) in [5, 5.41) is 6.67. The van der Waals surface area contributed by atoms with Crippen LogP contribution in [0.15, 0.2) is 24.3 Å². The van der Waals surface area contributed by atoms with Gasteiger partial charge in [-0.05, 0) is 55.7 Å². The van der Waals surface area contributed by atoms with E-state index in [9.17, 15) is 4.79 Å². The Morgan fingerprint density at radius 1 is 1.19 bits per heavy atom. The largest absolute Gasteiger partial charge is 0.382 e. The molecule has 0 heterocycles. The Balaban J connectivity index is 1.63. The van der Waals surface area contributed by atoms with Gasteiger partial charge in [0.15, 0.2) is 0 Å². The number of nitrogens with one attached hydrogen (secondary N) is 2. The van der Waals surface area contributed by atoms with Crippen LogP contribution >= 0.6 is 0 Å². The zero-order chi connectivity index (χ0) is 14.9. The van der Waals surface area contributed by atoms with Crippen LogP contribution in [0.3, 0.4) is 0 Å². The zero-order valence-corrected chi connectivity index (χ0v) is 13.1. The van der Waals surface area contributed by atoms with Crippen LogP contribution in [0.1, 0.15) is 62.7 Å². The zero-order valence-electron chi connectivity index (χ0n) is 13.1. The molecule has 21 heavy (non-hydrogen) atoms. The molecule has 3 heteroatoms. The molecular formula is C18H26N2O. The molecule has 0 spiro atoms. The average molecular weight is 286 g/mol. The van der Waals surface area contributed by atoms with E-state index in [-0.39, 0.29) is 5.91 Å². The molecule has 0 radical (unpaired) electrons. The molecule has 114 valence electrons. The van der Waals surface area contributed by atoms with Crippen LogP contribution in [0.25, 0.3) is 0 Å². The molecule has 0 aliphatic heterocycles. The highest BCUT2D eigenvalue weighted by molar-refractivity contribution is 5.95. The second-order valence-corrected chi connectivity index (χ2v) is 7.43. The Morgan fingerprint density at radius 2 is 2.00 bits per heavy atom. The van der Waals surface area contributed by atoms with Crippen LogP contribution in [-0.2, 0) is 0 Å². The van der Waals surface area contributed by atoms with Crippen molar-refractivity contribution >= 4 is 11.6 Å². The summed E-state index contributed by atoms with van der Waals surface area (Å²) < 4.78 is 0. The molecule has 2 aliphatic carbocycles. The molecule has 3 nitrogen and oxygen atoms in total. The predicted octanol–water partition coefficient (Wildman–Crippen LogP) is 3.96. The van der Waals surface area contributed by atoms with Crippen molar-refractivity contribution in [1.82, 2.24) is 5.32 Å². The van der Waals surface area contributed by atoms with Gasteiger partial charge in [-0.2, -0.15) is 0 Å². The van der Waals surface area contributed by atoms with Gasteiger partial charge in [0.25, 0.3) is 5.91 Å². The standard InChI is InChI=1S/C18H26N2O/c1-18(2)10-4-7-16(12-18)19-15-6-3-5-13(11-15)17(21)20-14-8-9-14/h3,5-6,11,14,16,19H,4,7-10,12H2,1-2H3,(H,20,21). The number of hydrogen-bond acceptors (Lipinski definition) is 2. The van der Waals surface area contributed by atoms with E-state index in [1.807, 2.05) is 18.2 Å². The van der Waals surface area contributed by atoms with Crippen LogP contribution < -0.4 is 10.6 Å². The highest BCUT2D eigenvalue weighted by Gasteiger charge is 2.28. The third kappa shape index (κ3) is 3.99. The van der Waals surface area contributed by atoms with Gasteiger partial charge in [0.1, 0.15) is 0 Å². The van der Waals surface area contributed by atoms with Crippen LogP contribution in [0.5, 0.6) is 0 Å². The topological polar surface area (TPSA) is 41.1 Å². The number of carbonyl (C=O) groups excluding carboxylic acids is 1. The van der Waals surface area contributed by atoms with Gasteiger partial charge in [0.05, 0.1) is 0 Å². The van der Waals surface area contributed by atoms with Crippen LogP contribution in [0.2, 0.25) is 0 Å². The van der Waals surface area contributed by atoms with E-state index in [4.69, 9.17) is 0 Å². The predicted molar refractivity (Wildman–Crippen MR) is 86.6 cm³/mol. The Morgan fingerprint density at radius 3 is 2.71 bits per heavy atom. The SMILES string of the molecule is CC1(C)CCCC(Nc2cccc(C(=O)NC3CC3)c2)C1. The van der Waals surface area contributed by atoms with E-state index >= 15 is 0 Å². The second kappa shape index (κ2) is 5.70. The molecule has 2 N–H and O–H groups in total. The fourth-order valence-corrected chi connectivity index (χ4v) is 3.30. The van der Waals surface area contributed by atoms with E-state index in [2.05, 4.69) is 30.5 Å². The second-order valence-electron chi connectivity index (χ2n) is 7.43. The minimum atomic E-state index is 0.0603. The summed E-state index contributed by atoms with van der Waals surface area (Å²) >= 11 is 0. The number of amides is 1. The molecule has 1 amide bonds. The molecule has 1 aromatic rings. The van der Waals surface area contributed by atoms with Gasteiger partial charge in [-0.1, -0.05) is 26.3 Å². The van der Waals surface area contributed by atoms with Gasteiger partial charge >= 0.3 is 0 Å². The maximum Gasteiger partial charge on any atom is 0.251 e. The van der Waals surface area contributed by atoms with Crippen molar-refractivity contribution in [1.29, 1.82) is 0 Å². The summed E-state index contributed by atoms with van der Waals surface area (Å²) in [6.07, 6.45) is 7.27. The number of rotatable bonds is 4. The third-order valence-corrected chi connectivity index (χ3v) is 4.61.